The van der Waals surface area contributed by atoms with E-state index in [9.17, 15) is 9.59 Å². The van der Waals surface area contributed by atoms with Crippen molar-refractivity contribution in [1.29, 1.82) is 0 Å². The first-order chi connectivity index (χ1) is 14.4. The molecule has 9 heteroatoms. The summed E-state index contributed by atoms with van der Waals surface area (Å²) in [6.07, 6.45) is 2.62. The molecule has 1 aromatic heterocycles. The smallest absolute Gasteiger partial charge is 0.263 e. The minimum atomic E-state index is -0.742. The minimum absolute atomic E-state index is 0.0976. The van der Waals surface area contributed by atoms with Crippen LogP contribution in [0.4, 0.5) is 5.69 Å². The Bertz CT molecular complexity index is 881. The lowest BCUT2D eigenvalue weighted by Gasteiger charge is -2.34. The second-order valence-corrected chi connectivity index (χ2v) is 8.45. The molecule has 30 heavy (non-hydrogen) atoms. The Morgan fingerprint density at radius 1 is 1.27 bits per heavy atom. The molecule has 0 saturated carbocycles. The summed E-state index contributed by atoms with van der Waals surface area (Å²) in [5.74, 6) is 0.440. The number of para-hydroxylation sites is 2. The van der Waals surface area contributed by atoms with Crippen molar-refractivity contribution in [2.24, 2.45) is 0 Å². The first-order valence-corrected chi connectivity index (χ1v) is 11.3. The molecular formula is C21H29N5O3S. The van der Waals surface area contributed by atoms with E-state index in [4.69, 9.17) is 4.74 Å². The zero-order valence-electron chi connectivity index (χ0n) is 17.9. The number of ether oxygens (including phenoxy) is 1. The lowest BCUT2D eigenvalue weighted by Crippen LogP contribution is -2.52. The highest BCUT2D eigenvalue weighted by Crippen LogP contribution is 2.34. The van der Waals surface area contributed by atoms with Crippen molar-refractivity contribution in [3.05, 3.63) is 30.6 Å². The number of benzene rings is 1. The van der Waals surface area contributed by atoms with Crippen LogP contribution in [0.1, 0.15) is 46.6 Å². The lowest BCUT2D eigenvalue weighted by molar-refractivity contribution is -0.129. The average Bonchev–Trinajstić information content (AvgIpc) is 3.23. The molecule has 2 amide bonds. The standard InChI is InChI=1S/C21H29N5O3S/c1-5-15(6-2)23-20(28)18-11-25(16-9-7-8-10-17(16)29-18)19(27)12-30-21-24-22-13-26(21)14(3)4/h7-10,13-15,18H,5-6,11-12H2,1-4H3,(H,23,28). The maximum Gasteiger partial charge on any atom is 0.263 e. The lowest BCUT2D eigenvalue weighted by atomic mass is 10.1. The summed E-state index contributed by atoms with van der Waals surface area (Å²) < 4.78 is 7.85. The van der Waals surface area contributed by atoms with Crippen molar-refractivity contribution in [3.8, 4) is 5.75 Å². The van der Waals surface area contributed by atoms with Crippen LogP contribution in [0, 0.1) is 0 Å². The van der Waals surface area contributed by atoms with E-state index in [0.717, 1.165) is 12.8 Å². The zero-order valence-corrected chi connectivity index (χ0v) is 18.7. The number of aromatic nitrogens is 3. The molecular weight excluding hydrogens is 402 g/mol. The number of hydrogen-bond acceptors (Lipinski definition) is 6. The minimum Gasteiger partial charge on any atom is -0.477 e. The van der Waals surface area contributed by atoms with Crippen LogP contribution >= 0.6 is 11.8 Å². The van der Waals surface area contributed by atoms with Crippen molar-refractivity contribution >= 4 is 29.3 Å². The number of carbonyl (C=O) groups excluding carboxylic acids is 2. The summed E-state index contributed by atoms with van der Waals surface area (Å²) in [5, 5.41) is 11.8. The molecule has 3 rings (SSSR count). The fourth-order valence-electron chi connectivity index (χ4n) is 3.29. The monoisotopic (exact) mass is 431 g/mol. The Hall–Kier alpha value is -2.55. The number of rotatable bonds is 8. The summed E-state index contributed by atoms with van der Waals surface area (Å²) >= 11 is 1.34. The van der Waals surface area contributed by atoms with Crippen LogP contribution in [0.2, 0.25) is 0 Å². The number of amides is 2. The second kappa shape index (κ2) is 9.97. The van der Waals surface area contributed by atoms with Gasteiger partial charge in [0.05, 0.1) is 18.0 Å². The van der Waals surface area contributed by atoms with Crippen LogP contribution in [-0.4, -0.2) is 51.0 Å². The molecule has 8 nitrogen and oxygen atoms in total. The Kier molecular flexibility index (Phi) is 7.36. The maximum atomic E-state index is 13.1. The Morgan fingerprint density at radius 2 is 2.00 bits per heavy atom. The third kappa shape index (κ3) is 4.95. The molecule has 0 spiro atoms. The summed E-state index contributed by atoms with van der Waals surface area (Å²) in [6, 6.07) is 7.62. The highest BCUT2D eigenvalue weighted by Gasteiger charge is 2.34. The van der Waals surface area contributed by atoms with E-state index in [1.165, 1.54) is 11.8 Å². The molecule has 0 fully saturated rings. The number of nitrogens with one attached hydrogen (secondary N) is 1. The Morgan fingerprint density at radius 3 is 2.70 bits per heavy atom. The molecule has 0 radical (unpaired) electrons. The molecule has 1 N–H and O–H groups in total. The first kappa shape index (κ1) is 22.1. The quantitative estimate of drug-likeness (QED) is 0.646. The fourth-order valence-corrected chi connectivity index (χ4v) is 4.21. The van der Waals surface area contributed by atoms with Gasteiger partial charge in [-0.1, -0.05) is 37.7 Å². The molecule has 0 saturated heterocycles. The van der Waals surface area contributed by atoms with Crippen LogP contribution in [0.3, 0.4) is 0 Å². The van der Waals surface area contributed by atoms with E-state index in [-0.39, 0.29) is 36.2 Å². The number of anilines is 1. The number of carbonyl (C=O) groups is 2. The van der Waals surface area contributed by atoms with Crippen LogP contribution in [-0.2, 0) is 9.59 Å². The summed E-state index contributed by atoms with van der Waals surface area (Å²) in [7, 11) is 0. The molecule has 1 atom stereocenters. The fraction of sp³-hybridized carbons (Fsp3) is 0.524. The van der Waals surface area contributed by atoms with E-state index in [1.54, 1.807) is 17.3 Å². The molecule has 1 aliphatic heterocycles. The third-order valence-electron chi connectivity index (χ3n) is 5.12. The van der Waals surface area contributed by atoms with Crippen LogP contribution in [0.25, 0.3) is 0 Å². The summed E-state index contributed by atoms with van der Waals surface area (Å²) in [4.78, 5) is 27.5. The van der Waals surface area contributed by atoms with Crippen LogP contribution in [0.15, 0.2) is 35.7 Å². The van der Waals surface area contributed by atoms with Gasteiger partial charge in [-0.05, 0) is 38.8 Å². The SMILES string of the molecule is CCC(CC)NC(=O)C1CN(C(=O)CSc2nncn2C(C)C)c2ccccc2O1. The number of fused-ring (bicyclic) bond motifs is 1. The van der Waals surface area contributed by atoms with Gasteiger partial charge in [0.15, 0.2) is 11.3 Å². The van der Waals surface area contributed by atoms with E-state index in [1.807, 2.05) is 50.5 Å². The van der Waals surface area contributed by atoms with Crippen molar-refractivity contribution in [2.45, 2.75) is 63.9 Å². The van der Waals surface area contributed by atoms with Gasteiger partial charge in [-0.2, -0.15) is 0 Å². The van der Waals surface area contributed by atoms with Gasteiger partial charge in [0.2, 0.25) is 5.91 Å². The van der Waals surface area contributed by atoms with E-state index in [0.29, 0.717) is 16.6 Å². The Labute approximate surface area is 181 Å². The average molecular weight is 432 g/mol. The predicted molar refractivity (Wildman–Crippen MR) is 117 cm³/mol. The molecule has 1 aromatic carbocycles. The highest BCUT2D eigenvalue weighted by atomic mass is 32.2. The van der Waals surface area contributed by atoms with Crippen molar-refractivity contribution in [2.75, 3.05) is 17.2 Å². The topological polar surface area (TPSA) is 89.4 Å². The maximum absolute atomic E-state index is 13.1. The molecule has 0 bridgehead atoms. The summed E-state index contributed by atoms with van der Waals surface area (Å²) in [6.45, 7) is 8.33. The van der Waals surface area contributed by atoms with Gasteiger partial charge in [0, 0.05) is 12.1 Å². The van der Waals surface area contributed by atoms with Gasteiger partial charge in [-0.3, -0.25) is 9.59 Å². The van der Waals surface area contributed by atoms with E-state index in [2.05, 4.69) is 15.5 Å². The van der Waals surface area contributed by atoms with Gasteiger partial charge in [0.1, 0.15) is 12.1 Å². The Balaban J connectivity index is 1.74. The molecule has 162 valence electrons. The largest absolute Gasteiger partial charge is 0.477 e. The number of hydrogen-bond donors (Lipinski definition) is 1. The molecule has 1 aliphatic rings. The van der Waals surface area contributed by atoms with Gasteiger partial charge < -0.3 is 19.5 Å². The molecule has 2 aromatic rings. The van der Waals surface area contributed by atoms with Crippen LogP contribution in [0.5, 0.6) is 5.75 Å². The first-order valence-electron chi connectivity index (χ1n) is 10.3. The van der Waals surface area contributed by atoms with Gasteiger partial charge in [-0.25, -0.2) is 0 Å². The number of nitrogens with zero attached hydrogens (tertiary/aromatic N) is 4. The van der Waals surface area contributed by atoms with Crippen molar-refractivity contribution < 1.29 is 14.3 Å². The van der Waals surface area contributed by atoms with Crippen molar-refractivity contribution in [1.82, 2.24) is 20.1 Å². The highest BCUT2D eigenvalue weighted by molar-refractivity contribution is 7.99. The molecule has 1 unspecified atom stereocenters. The molecule has 2 heterocycles. The van der Waals surface area contributed by atoms with E-state index < -0.39 is 6.10 Å². The van der Waals surface area contributed by atoms with Crippen LogP contribution < -0.4 is 15.0 Å². The zero-order chi connectivity index (χ0) is 21.7. The van der Waals surface area contributed by atoms with Gasteiger partial charge in [0.25, 0.3) is 5.91 Å². The summed E-state index contributed by atoms with van der Waals surface area (Å²) in [5.41, 5.74) is 0.681. The second-order valence-electron chi connectivity index (χ2n) is 7.50. The van der Waals surface area contributed by atoms with Crippen molar-refractivity contribution in [3.63, 3.8) is 0 Å². The number of thioether (sulfide) groups is 1. The normalized spacial score (nSPS) is 15.8. The van der Waals surface area contributed by atoms with Gasteiger partial charge in [-0.15, -0.1) is 10.2 Å². The van der Waals surface area contributed by atoms with Gasteiger partial charge >= 0.3 is 0 Å². The van der Waals surface area contributed by atoms with E-state index >= 15 is 0 Å². The third-order valence-corrected chi connectivity index (χ3v) is 6.06. The predicted octanol–water partition coefficient (Wildman–Crippen LogP) is 3.05. The molecule has 0 aliphatic carbocycles.